The molecule has 6 heteroatoms. The third kappa shape index (κ3) is 5.28. The Morgan fingerprint density at radius 2 is 1.75 bits per heavy atom. The van der Waals surface area contributed by atoms with Crippen LogP contribution in [0.25, 0.3) is 0 Å². The van der Waals surface area contributed by atoms with E-state index in [1.54, 1.807) is 36.4 Å². The molecule has 0 saturated heterocycles. The fourth-order valence-corrected chi connectivity index (χ4v) is 2.36. The number of hydrogen-bond acceptors (Lipinski definition) is 3. The first kappa shape index (κ1) is 17.8. The molecule has 0 saturated carbocycles. The smallest absolute Gasteiger partial charge is 0.244 e. The number of halogens is 1. The van der Waals surface area contributed by atoms with E-state index in [9.17, 15) is 9.59 Å². The Morgan fingerprint density at radius 3 is 2.42 bits per heavy atom. The number of hydrogen-bond donors (Lipinski definition) is 2. The maximum Gasteiger partial charge on any atom is 0.244 e. The topological polar surface area (TPSA) is 81.4 Å². The lowest BCUT2D eigenvalue weighted by Gasteiger charge is -2.16. The quantitative estimate of drug-likeness (QED) is 0.721. The number of para-hydroxylation sites is 1. The van der Waals surface area contributed by atoms with Crippen LogP contribution < -0.4 is 15.8 Å². The molecule has 0 aliphatic heterocycles. The van der Waals surface area contributed by atoms with E-state index in [1.807, 2.05) is 18.2 Å². The second-order valence-electron chi connectivity index (χ2n) is 5.20. The number of nitrogens with one attached hydrogen (secondary N) is 1. The Labute approximate surface area is 145 Å². The minimum Gasteiger partial charge on any atom is -0.492 e. The second-order valence-corrected chi connectivity index (χ2v) is 5.60. The Hall–Kier alpha value is -2.53. The highest BCUT2D eigenvalue weighted by atomic mass is 35.5. The average molecular weight is 347 g/mol. The molecule has 0 spiro atoms. The summed E-state index contributed by atoms with van der Waals surface area (Å²) in [5.74, 6) is -0.272. The van der Waals surface area contributed by atoms with Crippen LogP contribution in [-0.4, -0.2) is 18.4 Å². The SMILES string of the molecule is NC(=O)[C@H](NC(=O)CCCOc1ccccc1Cl)c1ccccc1. The molecule has 0 unspecified atom stereocenters. The number of amides is 2. The maximum absolute atomic E-state index is 12.0. The molecule has 0 radical (unpaired) electrons. The number of primary amides is 1. The predicted octanol–water partition coefficient (Wildman–Crippen LogP) is 2.84. The Bertz CT molecular complexity index is 692. The van der Waals surface area contributed by atoms with Gasteiger partial charge in [0.05, 0.1) is 11.6 Å². The van der Waals surface area contributed by atoms with E-state index in [0.717, 1.165) is 0 Å². The molecule has 126 valence electrons. The van der Waals surface area contributed by atoms with Crippen molar-refractivity contribution in [1.82, 2.24) is 5.32 Å². The molecule has 2 rings (SSSR count). The summed E-state index contributed by atoms with van der Waals surface area (Å²) < 4.78 is 5.52. The molecule has 2 amide bonds. The van der Waals surface area contributed by atoms with Gasteiger partial charge in [-0.2, -0.15) is 0 Å². The maximum atomic E-state index is 12.0. The minimum absolute atomic E-state index is 0.223. The van der Waals surface area contributed by atoms with Crippen molar-refractivity contribution in [3.05, 3.63) is 65.2 Å². The molecule has 0 aliphatic carbocycles. The van der Waals surface area contributed by atoms with Gasteiger partial charge in [0.2, 0.25) is 11.8 Å². The molecule has 0 aliphatic rings. The van der Waals surface area contributed by atoms with E-state index in [-0.39, 0.29) is 12.3 Å². The zero-order valence-electron chi connectivity index (χ0n) is 13.1. The van der Waals surface area contributed by atoms with Gasteiger partial charge in [0.1, 0.15) is 11.8 Å². The zero-order valence-corrected chi connectivity index (χ0v) is 13.8. The largest absolute Gasteiger partial charge is 0.492 e. The van der Waals surface area contributed by atoms with E-state index in [1.165, 1.54) is 0 Å². The van der Waals surface area contributed by atoms with E-state index in [0.29, 0.717) is 29.4 Å². The molecule has 0 aromatic heterocycles. The van der Waals surface area contributed by atoms with Gasteiger partial charge in [-0.3, -0.25) is 9.59 Å². The van der Waals surface area contributed by atoms with Gasteiger partial charge in [-0.25, -0.2) is 0 Å². The van der Waals surface area contributed by atoms with Crippen LogP contribution in [0.15, 0.2) is 54.6 Å². The molecular formula is C18H19ClN2O3. The number of nitrogens with two attached hydrogens (primary N) is 1. The van der Waals surface area contributed by atoms with Crippen molar-refractivity contribution >= 4 is 23.4 Å². The van der Waals surface area contributed by atoms with Gasteiger partial charge in [0.15, 0.2) is 0 Å². The molecule has 5 nitrogen and oxygen atoms in total. The lowest BCUT2D eigenvalue weighted by atomic mass is 10.1. The van der Waals surface area contributed by atoms with Crippen molar-refractivity contribution in [2.75, 3.05) is 6.61 Å². The highest BCUT2D eigenvalue weighted by Gasteiger charge is 2.19. The van der Waals surface area contributed by atoms with Gasteiger partial charge in [-0.15, -0.1) is 0 Å². The van der Waals surface area contributed by atoms with Gasteiger partial charge >= 0.3 is 0 Å². The summed E-state index contributed by atoms with van der Waals surface area (Å²) in [6, 6.07) is 15.2. The van der Waals surface area contributed by atoms with Crippen molar-refractivity contribution in [3.8, 4) is 5.75 Å². The predicted molar refractivity (Wildman–Crippen MR) is 92.7 cm³/mol. The number of rotatable bonds is 8. The molecule has 1 atom stereocenters. The molecule has 0 heterocycles. The minimum atomic E-state index is -0.830. The molecule has 3 N–H and O–H groups in total. The summed E-state index contributed by atoms with van der Waals surface area (Å²) in [5.41, 5.74) is 6.03. The standard InChI is InChI=1S/C18H19ClN2O3/c19-14-9-4-5-10-15(14)24-12-6-11-16(22)21-17(18(20)23)13-7-2-1-3-8-13/h1-5,7-10,17H,6,11-12H2,(H2,20,23)(H,21,22)/t17-/m1/s1. The van der Waals surface area contributed by atoms with Crippen LogP contribution in [0.4, 0.5) is 0 Å². The van der Waals surface area contributed by atoms with Crippen molar-refractivity contribution in [3.63, 3.8) is 0 Å². The number of carbonyl (C=O) groups is 2. The first-order valence-electron chi connectivity index (χ1n) is 7.59. The van der Waals surface area contributed by atoms with Crippen LogP contribution in [0, 0.1) is 0 Å². The van der Waals surface area contributed by atoms with Crippen molar-refractivity contribution in [2.45, 2.75) is 18.9 Å². The van der Waals surface area contributed by atoms with Crippen molar-refractivity contribution < 1.29 is 14.3 Å². The molecule has 0 fully saturated rings. The summed E-state index contributed by atoms with van der Waals surface area (Å²) in [7, 11) is 0. The van der Waals surface area contributed by atoms with Crippen LogP contribution in [0.5, 0.6) is 5.75 Å². The Morgan fingerprint density at radius 1 is 1.08 bits per heavy atom. The van der Waals surface area contributed by atoms with E-state index in [2.05, 4.69) is 5.32 Å². The van der Waals surface area contributed by atoms with Crippen LogP contribution in [-0.2, 0) is 9.59 Å². The summed E-state index contributed by atoms with van der Waals surface area (Å²) >= 11 is 5.98. The van der Waals surface area contributed by atoms with Gasteiger partial charge in [0, 0.05) is 6.42 Å². The van der Waals surface area contributed by atoms with Gasteiger partial charge in [-0.05, 0) is 24.1 Å². The zero-order chi connectivity index (χ0) is 17.4. The second kappa shape index (κ2) is 8.93. The van der Waals surface area contributed by atoms with E-state index < -0.39 is 11.9 Å². The molecular weight excluding hydrogens is 328 g/mol. The van der Waals surface area contributed by atoms with Crippen LogP contribution >= 0.6 is 11.6 Å². The number of ether oxygens (including phenoxy) is 1. The average Bonchev–Trinajstić information content (AvgIpc) is 2.58. The monoisotopic (exact) mass is 346 g/mol. The highest BCUT2D eigenvalue weighted by molar-refractivity contribution is 6.32. The summed E-state index contributed by atoms with van der Waals surface area (Å²) in [5, 5.41) is 3.18. The van der Waals surface area contributed by atoms with E-state index in [4.69, 9.17) is 22.1 Å². The highest BCUT2D eigenvalue weighted by Crippen LogP contribution is 2.23. The van der Waals surface area contributed by atoms with Crippen LogP contribution in [0.2, 0.25) is 5.02 Å². The lowest BCUT2D eigenvalue weighted by molar-refractivity contribution is -0.127. The summed E-state index contributed by atoms with van der Waals surface area (Å²) in [6.45, 7) is 0.351. The Kier molecular flexibility index (Phi) is 6.63. The summed E-state index contributed by atoms with van der Waals surface area (Å²) in [4.78, 5) is 23.6. The van der Waals surface area contributed by atoms with E-state index >= 15 is 0 Å². The first-order valence-corrected chi connectivity index (χ1v) is 7.96. The normalized spacial score (nSPS) is 11.5. The molecule has 0 bridgehead atoms. The molecule has 24 heavy (non-hydrogen) atoms. The molecule has 2 aromatic rings. The van der Waals surface area contributed by atoms with Crippen LogP contribution in [0.3, 0.4) is 0 Å². The van der Waals surface area contributed by atoms with Gasteiger partial charge in [0.25, 0.3) is 0 Å². The fraction of sp³-hybridized carbons (Fsp3) is 0.222. The van der Waals surface area contributed by atoms with Gasteiger partial charge in [-0.1, -0.05) is 54.1 Å². The van der Waals surface area contributed by atoms with Crippen LogP contribution in [0.1, 0.15) is 24.4 Å². The van der Waals surface area contributed by atoms with Gasteiger partial charge < -0.3 is 15.8 Å². The third-order valence-electron chi connectivity index (χ3n) is 3.37. The number of carbonyl (C=O) groups excluding carboxylic acids is 2. The first-order chi connectivity index (χ1) is 11.6. The third-order valence-corrected chi connectivity index (χ3v) is 3.68. The number of benzene rings is 2. The lowest BCUT2D eigenvalue weighted by Crippen LogP contribution is -2.37. The fourth-order valence-electron chi connectivity index (χ4n) is 2.17. The van der Waals surface area contributed by atoms with Crippen molar-refractivity contribution in [1.29, 1.82) is 0 Å². The van der Waals surface area contributed by atoms with Crippen molar-refractivity contribution in [2.24, 2.45) is 5.73 Å². The Balaban J connectivity index is 1.80. The summed E-state index contributed by atoms with van der Waals surface area (Å²) in [6.07, 6.45) is 0.721. The molecule has 2 aromatic carbocycles.